The molecular formula is C18H24N2O2. The quantitative estimate of drug-likeness (QED) is 0.875. The van der Waals surface area contributed by atoms with Crippen LogP contribution in [0.5, 0.6) is 0 Å². The molecule has 0 radical (unpaired) electrons. The molecule has 4 nitrogen and oxygen atoms in total. The summed E-state index contributed by atoms with van der Waals surface area (Å²) in [6, 6.07) is 10.2. The van der Waals surface area contributed by atoms with E-state index < -0.39 is 6.10 Å². The predicted molar refractivity (Wildman–Crippen MR) is 86.9 cm³/mol. The molecule has 0 unspecified atom stereocenters. The molecule has 0 aromatic heterocycles. The van der Waals surface area contributed by atoms with Gasteiger partial charge in [0.2, 0.25) is 5.91 Å². The summed E-state index contributed by atoms with van der Waals surface area (Å²) in [6.07, 6.45) is 4.54. The Morgan fingerprint density at radius 2 is 2.00 bits per heavy atom. The van der Waals surface area contributed by atoms with Gasteiger partial charge in [0.05, 0.1) is 6.10 Å². The minimum Gasteiger partial charge on any atom is -0.391 e. The van der Waals surface area contributed by atoms with Gasteiger partial charge in [-0.1, -0.05) is 36.4 Å². The van der Waals surface area contributed by atoms with Gasteiger partial charge >= 0.3 is 0 Å². The second kappa shape index (κ2) is 6.63. The summed E-state index contributed by atoms with van der Waals surface area (Å²) in [4.78, 5) is 14.5. The zero-order valence-electron chi connectivity index (χ0n) is 12.8. The number of hydrogen-bond acceptors (Lipinski definition) is 3. The highest BCUT2D eigenvalue weighted by Crippen LogP contribution is 2.28. The summed E-state index contributed by atoms with van der Waals surface area (Å²) in [5, 5.41) is 9.88. The Morgan fingerprint density at radius 3 is 2.64 bits per heavy atom. The molecule has 1 heterocycles. The summed E-state index contributed by atoms with van der Waals surface area (Å²) in [5.74, 6) is 0.107. The Balaban J connectivity index is 1.61. The number of aliphatic hydroxyl groups is 1. The van der Waals surface area contributed by atoms with Crippen LogP contribution in [0.1, 0.15) is 31.2 Å². The van der Waals surface area contributed by atoms with E-state index in [0.29, 0.717) is 13.0 Å². The van der Waals surface area contributed by atoms with Gasteiger partial charge in [-0.2, -0.15) is 0 Å². The van der Waals surface area contributed by atoms with Crippen LogP contribution in [0, 0.1) is 5.92 Å². The molecule has 1 aromatic carbocycles. The Hall–Kier alpha value is -1.65. The lowest BCUT2D eigenvalue weighted by atomic mass is 9.83. The topological polar surface area (TPSA) is 66.6 Å². The number of carbonyl (C=O) groups excluding carboxylic acids is 1. The first-order chi connectivity index (χ1) is 10.6. The third-order valence-electron chi connectivity index (χ3n) is 4.88. The van der Waals surface area contributed by atoms with Crippen molar-refractivity contribution < 1.29 is 9.90 Å². The van der Waals surface area contributed by atoms with E-state index in [2.05, 4.69) is 18.2 Å². The largest absolute Gasteiger partial charge is 0.391 e. The van der Waals surface area contributed by atoms with Gasteiger partial charge in [-0.3, -0.25) is 4.79 Å². The maximum absolute atomic E-state index is 12.6. The average Bonchev–Trinajstić information content (AvgIpc) is 2.58. The molecule has 1 amide bonds. The van der Waals surface area contributed by atoms with Gasteiger partial charge in [-0.15, -0.1) is 0 Å². The van der Waals surface area contributed by atoms with Crippen LogP contribution in [0.25, 0.3) is 5.57 Å². The second-order valence-electron chi connectivity index (χ2n) is 6.37. The Kier molecular flexibility index (Phi) is 4.60. The van der Waals surface area contributed by atoms with Crippen molar-refractivity contribution >= 4 is 11.5 Å². The van der Waals surface area contributed by atoms with Crippen LogP contribution in [0.4, 0.5) is 0 Å². The predicted octanol–water partition coefficient (Wildman–Crippen LogP) is 1.79. The highest BCUT2D eigenvalue weighted by atomic mass is 16.3. The van der Waals surface area contributed by atoms with Gasteiger partial charge in [-0.25, -0.2) is 0 Å². The van der Waals surface area contributed by atoms with Crippen LogP contribution >= 0.6 is 0 Å². The lowest BCUT2D eigenvalue weighted by Crippen LogP contribution is -2.46. The Labute approximate surface area is 131 Å². The van der Waals surface area contributed by atoms with Crippen LogP contribution in [0.3, 0.4) is 0 Å². The maximum atomic E-state index is 12.6. The van der Waals surface area contributed by atoms with Crippen molar-refractivity contribution in [3.8, 4) is 0 Å². The van der Waals surface area contributed by atoms with Gasteiger partial charge in [0.25, 0.3) is 0 Å². The molecule has 3 N–H and O–H groups in total. The monoisotopic (exact) mass is 300 g/mol. The van der Waals surface area contributed by atoms with Crippen LogP contribution in [-0.4, -0.2) is 41.1 Å². The molecule has 1 aliphatic heterocycles. The number of carbonyl (C=O) groups is 1. The van der Waals surface area contributed by atoms with Crippen molar-refractivity contribution in [1.29, 1.82) is 0 Å². The van der Waals surface area contributed by atoms with Gasteiger partial charge in [0.1, 0.15) is 0 Å². The minimum absolute atomic E-state index is 0.0681. The number of amides is 1. The van der Waals surface area contributed by atoms with E-state index in [9.17, 15) is 9.90 Å². The zero-order chi connectivity index (χ0) is 15.5. The van der Waals surface area contributed by atoms with Crippen molar-refractivity contribution in [1.82, 2.24) is 4.90 Å². The standard InChI is InChI=1S/C18H24N2O2/c19-16-7-6-15(12-17(16)21)18(22)20-10-8-14(9-11-20)13-4-2-1-3-5-13/h1-5,8,15-17,21H,6-7,9-12,19H2/t15-,16+,17+/m0/s1. The van der Waals surface area contributed by atoms with E-state index in [4.69, 9.17) is 5.73 Å². The molecule has 1 aliphatic carbocycles. The summed E-state index contributed by atoms with van der Waals surface area (Å²) in [6.45, 7) is 1.43. The molecule has 1 saturated carbocycles. The molecule has 1 aromatic rings. The smallest absolute Gasteiger partial charge is 0.226 e. The van der Waals surface area contributed by atoms with E-state index in [1.165, 1.54) is 11.1 Å². The highest BCUT2D eigenvalue weighted by molar-refractivity contribution is 5.80. The molecule has 22 heavy (non-hydrogen) atoms. The van der Waals surface area contributed by atoms with Crippen LogP contribution in [0.2, 0.25) is 0 Å². The molecule has 2 aliphatic rings. The van der Waals surface area contributed by atoms with Crippen molar-refractivity contribution in [2.45, 2.75) is 37.8 Å². The van der Waals surface area contributed by atoms with Gasteiger partial charge in [0.15, 0.2) is 0 Å². The lowest BCUT2D eigenvalue weighted by molar-refractivity contribution is -0.137. The van der Waals surface area contributed by atoms with Crippen molar-refractivity contribution in [2.24, 2.45) is 11.7 Å². The fourth-order valence-electron chi connectivity index (χ4n) is 3.44. The van der Waals surface area contributed by atoms with E-state index in [-0.39, 0.29) is 17.9 Å². The van der Waals surface area contributed by atoms with E-state index in [0.717, 1.165) is 25.8 Å². The first-order valence-electron chi connectivity index (χ1n) is 8.12. The summed E-state index contributed by atoms with van der Waals surface area (Å²) < 4.78 is 0. The van der Waals surface area contributed by atoms with Crippen LogP contribution in [-0.2, 0) is 4.79 Å². The molecule has 0 saturated heterocycles. The molecule has 118 valence electrons. The van der Waals surface area contributed by atoms with Crippen LogP contribution < -0.4 is 5.73 Å². The Morgan fingerprint density at radius 1 is 1.23 bits per heavy atom. The highest BCUT2D eigenvalue weighted by Gasteiger charge is 2.33. The number of benzene rings is 1. The van der Waals surface area contributed by atoms with Crippen molar-refractivity contribution in [3.63, 3.8) is 0 Å². The molecule has 0 spiro atoms. The second-order valence-corrected chi connectivity index (χ2v) is 6.37. The number of nitrogens with zero attached hydrogens (tertiary/aromatic N) is 1. The van der Waals surface area contributed by atoms with Gasteiger partial charge in [-0.05, 0) is 36.8 Å². The molecular weight excluding hydrogens is 276 g/mol. The van der Waals surface area contributed by atoms with Gasteiger partial charge < -0.3 is 15.7 Å². The number of aliphatic hydroxyl groups excluding tert-OH is 1. The molecule has 3 atom stereocenters. The lowest BCUT2D eigenvalue weighted by Gasteiger charge is -2.35. The first-order valence-corrected chi connectivity index (χ1v) is 8.12. The average molecular weight is 300 g/mol. The van der Waals surface area contributed by atoms with Gasteiger partial charge in [0, 0.05) is 25.0 Å². The summed E-state index contributed by atoms with van der Waals surface area (Å²) in [5.41, 5.74) is 8.38. The first kappa shape index (κ1) is 15.3. The normalized spacial score (nSPS) is 29.1. The molecule has 1 fully saturated rings. The summed E-state index contributed by atoms with van der Waals surface area (Å²) in [7, 11) is 0. The number of rotatable bonds is 2. The maximum Gasteiger partial charge on any atom is 0.226 e. The van der Waals surface area contributed by atoms with Crippen LogP contribution in [0.15, 0.2) is 36.4 Å². The Bertz CT molecular complexity index is 555. The molecule has 0 bridgehead atoms. The van der Waals surface area contributed by atoms with Crippen molar-refractivity contribution in [2.75, 3.05) is 13.1 Å². The van der Waals surface area contributed by atoms with E-state index in [1.807, 2.05) is 23.1 Å². The molecule has 4 heteroatoms. The minimum atomic E-state index is -0.539. The fourth-order valence-corrected chi connectivity index (χ4v) is 3.44. The number of nitrogens with two attached hydrogens (primary N) is 1. The van der Waals surface area contributed by atoms with E-state index in [1.54, 1.807) is 0 Å². The zero-order valence-corrected chi connectivity index (χ0v) is 12.8. The van der Waals surface area contributed by atoms with E-state index >= 15 is 0 Å². The molecule has 3 rings (SSSR count). The van der Waals surface area contributed by atoms with Crippen molar-refractivity contribution in [3.05, 3.63) is 42.0 Å². The number of hydrogen-bond donors (Lipinski definition) is 2. The third kappa shape index (κ3) is 3.23. The SMILES string of the molecule is N[C@@H]1CC[C@H](C(=O)N2CC=C(c3ccccc3)CC2)C[C@H]1O. The summed E-state index contributed by atoms with van der Waals surface area (Å²) >= 11 is 0. The fraction of sp³-hybridized carbons (Fsp3) is 0.500. The third-order valence-corrected chi connectivity index (χ3v) is 4.88.